The van der Waals surface area contributed by atoms with Gasteiger partial charge in [0.15, 0.2) is 0 Å². The van der Waals surface area contributed by atoms with Gasteiger partial charge in [0, 0.05) is 77.3 Å². The summed E-state index contributed by atoms with van der Waals surface area (Å²) in [4.78, 5) is 33.0. The van der Waals surface area contributed by atoms with Crippen LogP contribution < -0.4 is 0 Å². The van der Waals surface area contributed by atoms with Crippen LogP contribution in [0.25, 0.3) is 0 Å². The second-order valence-corrected chi connectivity index (χ2v) is 13.4. The van der Waals surface area contributed by atoms with E-state index in [1.54, 1.807) is 0 Å². The summed E-state index contributed by atoms with van der Waals surface area (Å²) in [6.45, 7) is 19.7. The van der Waals surface area contributed by atoms with Crippen LogP contribution in [0.15, 0.2) is 60.7 Å². The number of piperazine rings is 1. The van der Waals surface area contributed by atoms with Crippen molar-refractivity contribution in [2.75, 3.05) is 52.4 Å². The van der Waals surface area contributed by atoms with Crippen molar-refractivity contribution in [2.24, 2.45) is 11.8 Å². The van der Waals surface area contributed by atoms with Crippen molar-refractivity contribution in [1.29, 1.82) is 0 Å². The molecule has 0 saturated carbocycles. The molecule has 0 N–H and O–H groups in total. The van der Waals surface area contributed by atoms with Gasteiger partial charge in [-0.05, 0) is 50.8 Å². The first-order valence-electron chi connectivity index (χ1n) is 15.8. The van der Waals surface area contributed by atoms with Gasteiger partial charge >= 0.3 is 6.09 Å². The molecule has 3 aliphatic heterocycles. The second kappa shape index (κ2) is 15.1. The number of carbonyl (C=O) groups excluding carboxylic acids is 2. The molecular weight excluding hydrogens is 524 g/mol. The number of benzene rings is 2. The quantitative estimate of drug-likeness (QED) is 0.466. The van der Waals surface area contributed by atoms with E-state index in [0.717, 1.165) is 65.4 Å². The van der Waals surface area contributed by atoms with E-state index < -0.39 is 5.60 Å². The average molecular weight is 577 g/mol. The Morgan fingerprint density at radius 1 is 0.786 bits per heavy atom. The molecule has 7 heteroatoms. The van der Waals surface area contributed by atoms with Crippen LogP contribution in [0, 0.1) is 11.8 Å². The van der Waals surface area contributed by atoms with Crippen molar-refractivity contribution < 1.29 is 14.3 Å². The third kappa shape index (κ3) is 9.92. The maximum Gasteiger partial charge on any atom is 0.410 e. The van der Waals surface area contributed by atoms with Crippen molar-refractivity contribution in [3.8, 4) is 0 Å². The number of ether oxygens (including phenoxy) is 1. The molecule has 7 nitrogen and oxygen atoms in total. The topological polar surface area (TPSA) is 56.3 Å². The van der Waals surface area contributed by atoms with Crippen LogP contribution in [-0.2, 0) is 22.6 Å². The lowest BCUT2D eigenvalue weighted by molar-refractivity contribution is -0.125. The Morgan fingerprint density at radius 2 is 1.33 bits per heavy atom. The number of piperidine rings is 2. The molecule has 0 radical (unpaired) electrons. The molecule has 42 heavy (non-hydrogen) atoms. The number of hydrogen-bond acceptors (Lipinski definition) is 6. The summed E-state index contributed by atoms with van der Waals surface area (Å²) < 4.78 is 5.51. The van der Waals surface area contributed by atoms with Gasteiger partial charge in [0.2, 0.25) is 0 Å². The summed E-state index contributed by atoms with van der Waals surface area (Å²) >= 11 is 0. The number of nitrogens with zero attached hydrogens (tertiary/aromatic N) is 4. The van der Waals surface area contributed by atoms with Crippen LogP contribution >= 0.6 is 0 Å². The molecule has 3 unspecified atom stereocenters. The van der Waals surface area contributed by atoms with Crippen molar-refractivity contribution in [1.82, 2.24) is 19.6 Å². The van der Waals surface area contributed by atoms with Gasteiger partial charge in [0.1, 0.15) is 11.4 Å². The van der Waals surface area contributed by atoms with Gasteiger partial charge in [0.25, 0.3) is 0 Å². The lowest BCUT2D eigenvalue weighted by Crippen LogP contribution is -2.57. The van der Waals surface area contributed by atoms with Gasteiger partial charge < -0.3 is 9.64 Å². The summed E-state index contributed by atoms with van der Waals surface area (Å²) in [7, 11) is 0. The van der Waals surface area contributed by atoms with Gasteiger partial charge in [0.05, 0.1) is 0 Å². The van der Waals surface area contributed by atoms with Crippen LogP contribution in [0.4, 0.5) is 4.79 Å². The first kappa shape index (κ1) is 32.2. The average Bonchev–Trinajstić information content (AvgIpc) is 2.96. The summed E-state index contributed by atoms with van der Waals surface area (Å²) in [6, 6.07) is 21.8. The number of hydrogen-bond donors (Lipinski definition) is 0. The number of Topliss-reactive ketones (excluding diaryl/α,β-unsaturated/α-hetero) is 1. The first-order chi connectivity index (χ1) is 20.1. The van der Waals surface area contributed by atoms with Crippen LogP contribution in [-0.4, -0.2) is 95.5 Å². The van der Waals surface area contributed by atoms with Crippen molar-refractivity contribution in [3.63, 3.8) is 0 Å². The highest BCUT2D eigenvalue weighted by Crippen LogP contribution is 2.25. The predicted octanol–water partition coefficient (Wildman–Crippen LogP) is 5.55. The van der Waals surface area contributed by atoms with Crippen LogP contribution in [0.2, 0.25) is 0 Å². The summed E-state index contributed by atoms with van der Waals surface area (Å²) in [5, 5.41) is 0. The molecule has 0 bridgehead atoms. The van der Waals surface area contributed by atoms with Gasteiger partial charge in [-0.1, -0.05) is 74.5 Å². The molecule has 3 aliphatic rings. The summed E-state index contributed by atoms with van der Waals surface area (Å²) in [6.07, 6.45) is 1.75. The van der Waals surface area contributed by atoms with Crippen LogP contribution in [0.5, 0.6) is 0 Å². The molecule has 5 rings (SSSR count). The van der Waals surface area contributed by atoms with E-state index in [-0.39, 0.29) is 12.0 Å². The Bertz CT molecular complexity index is 1110. The van der Waals surface area contributed by atoms with E-state index in [4.69, 9.17) is 4.74 Å². The Labute approximate surface area is 253 Å². The Morgan fingerprint density at radius 3 is 1.83 bits per heavy atom. The lowest BCUT2D eigenvalue weighted by atomic mass is 9.91. The van der Waals surface area contributed by atoms with E-state index in [2.05, 4.69) is 76.2 Å². The predicted molar refractivity (Wildman–Crippen MR) is 169 cm³/mol. The fourth-order valence-electron chi connectivity index (χ4n) is 6.39. The standard InChI is InChI=1S/C22H35N3O2.C13H17NO/c1-18-16-23(17-19-8-6-5-7-9-19)11-10-20(18)24-12-14-25(15-13-24)21(26)27-22(2,3)4;1-11-9-14(8-7-13(11)15)10-12-5-3-2-4-6-12/h5-9,18,20H,10-17H2,1-4H3;2-6,11H,7-10H2,1H3. The molecule has 3 heterocycles. The highest BCUT2D eigenvalue weighted by Gasteiger charge is 2.34. The molecule has 2 aromatic rings. The van der Waals surface area contributed by atoms with Gasteiger partial charge in [-0.3, -0.25) is 19.5 Å². The number of rotatable bonds is 5. The summed E-state index contributed by atoms with van der Waals surface area (Å²) in [5.41, 5.74) is 2.31. The third-order valence-corrected chi connectivity index (χ3v) is 8.63. The van der Waals surface area contributed by atoms with Crippen molar-refractivity contribution in [3.05, 3.63) is 71.8 Å². The highest BCUT2D eigenvalue weighted by molar-refractivity contribution is 5.81. The normalized spacial score (nSPS) is 24.5. The monoisotopic (exact) mass is 576 g/mol. The minimum absolute atomic E-state index is 0.173. The zero-order valence-corrected chi connectivity index (χ0v) is 26.5. The number of carbonyl (C=O) groups is 2. The van der Waals surface area contributed by atoms with Gasteiger partial charge in [-0.15, -0.1) is 0 Å². The fourth-order valence-corrected chi connectivity index (χ4v) is 6.39. The zero-order chi connectivity index (χ0) is 30.1. The Kier molecular flexibility index (Phi) is 11.6. The smallest absolute Gasteiger partial charge is 0.410 e. The van der Waals surface area contributed by atoms with Gasteiger partial charge in [-0.25, -0.2) is 4.79 Å². The fraction of sp³-hybridized carbons (Fsp3) is 0.600. The van der Waals surface area contributed by atoms with Crippen molar-refractivity contribution in [2.45, 2.75) is 72.2 Å². The highest BCUT2D eigenvalue weighted by atomic mass is 16.6. The zero-order valence-electron chi connectivity index (χ0n) is 26.5. The van der Waals surface area contributed by atoms with E-state index in [1.807, 2.05) is 38.7 Å². The molecule has 0 aromatic heterocycles. The third-order valence-electron chi connectivity index (χ3n) is 8.63. The molecule has 3 atom stereocenters. The second-order valence-electron chi connectivity index (χ2n) is 13.4. The molecular formula is C35H52N4O3. The number of amides is 1. The molecule has 0 spiro atoms. The lowest BCUT2D eigenvalue weighted by Gasteiger charge is -2.45. The van der Waals surface area contributed by atoms with Gasteiger partial charge in [-0.2, -0.15) is 0 Å². The molecule has 2 aromatic carbocycles. The molecule has 230 valence electrons. The Hall–Kier alpha value is -2.74. The minimum Gasteiger partial charge on any atom is -0.444 e. The maximum absolute atomic E-state index is 12.3. The molecule has 0 aliphatic carbocycles. The first-order valence-corrected chi connectivity index (χ1v) is 15.8. The van der Waals surface area contributed by atoms with Crippen molar-refractivity contribution >= 4 is 11.9 Å². The molecule has 3 saturated heterocycles. The van der Waals surface area contributed by atoms with Crippen LogP contribution in [0.1, 0.15) is 58.6 Å². The number of likely N-dealkylation sites (tertiary alicyclic amines) is 2. The number of ketones is 1. The summed E-state index contributed by atoms with van der Waals surface area (Å²) in [5.74, 6) is 1.28. The van der Waals surface area contributed by atoms with E-state index in [1.165, 1.54) is 17.5 Å². The largest absolute Gasteiger partial charge is 0.444 e. The molecule has 3 fully saturated rings. The minimum atomic E-state index is -0.422. The maximum atomic E-state index is 12.3. The van der Waals surface area contributed by atoms with E-state index in [9.17, 15) is 9.59 Å². The Balaban J connectivity index is 0.000000227. The van der Waals surface area contributed by atoms with Crippen LogP contribution in [0.3, 0.4) is 0 Å². The van der Waals surface area contributed by atoms with E-state index in [0.29, 0.717) is 24.2 Å². The molecule has 1 amide bonds. The van der Waals surface area contributed by atoms with E-state index >= 15 is 0 Å². The SMILES string of the molecule is CC1CN(Cc2ccccc2)CCC1=O.CC1CN(Cc2ccccc2)CCC1N1CCN(C(=O)OC(C)(C)C)CC1.